The van der Waals surface area contributed by atoms with Crippen molar-refractivity contribution in [2.75, 3.05) is 32.6 Å². The van der Waals surface area contributed by atoms with Gasteiger partial charge in [-0.05, 0) is 36.2 Å². The summed E-state index contributed by atoms with van der Waals surface area (Å²) in [7, 11) is 5.86. The highest BCUT2D eigenvalue weighted by Crippen LogP contribution is 2.12. The average molecular weight is 479 g/mol. The maximum atomic E-state index is 4.27. The second-order valence-corrected chi connectivity index (χ2v) is 6.21. The highest BCUT2D eigenvalue weighted by atomic mass is 127. The first-order valence-corrected chi connectivity index (χ1v) is 8.67. The average Bonchev–Trinajstić information content (AvgIpc) is 3.08. The van der Waals surface area contributed by atoms with Crippen LogP contribution in [0.25, 0.3) is 5.65 Å². The van der Waals surface area contributed by atoms with Gasteiger partial charge in [0, 0.05) is 39.6 Å². The minimum absolute atomic E-state index is 0. The van der Waals surface area contributed by atoms with Gasteiger partial charge in [0.25, 0.3) is 0 Å². The van der Waals surface area contributed by atoms with Gasteiger partial charge in [-0.2, -0.15) is 0 Å². The SMILES string of the molecule is CN=C(NCCc1ccc(N(C)C)cc1)NCc1nnc2ccccn12.I. The Balaban J connectivity index is 0.00000261. The van der Waals surface area contributed by atoms with Crippen molar-refractivity contribution in [1.29, 1.82) is 0 Å². The molecule has 0 aliphatic rings. The van der Waals surface area contributed by atoms with Crippen LogP contribution in [0, 0.1) is 0 Å². The Morgan fingerprint density at radius 3 is 2.56 bits per heavy atom. The standard InChI is InChI=1S/C19H25N7.HI/c1-20-19(21-12-11-15-7-9-16(10-8-15)25(2)3)22-14-18-24-23-17-6-4-5-13-26(17)18;/h4-10,13H,11-12,14H2,1-3H3,(H2,20,21,22);1H. The highest BCUT2D eigenvalue weighted by molar-refractivity contribution is 14.0. The Morgan fingerprint density at radius 1 is 1.07 bits per heavy atom. The Bertz CT molecular complexity index is 871. The molecule has 0 fully saturated rings. The van der Waals surface area contributed by atoms with E-state index in [1.54, 1.807) is 7.05 Å². The van der Waals surface area contributed by atoms with Crippen molar-refractivity contribution < 1.29 is 0 Å². The molecule has 3 rings (SSSR count). The molecule has 2 aromatic heterocycles. The van der Waals surface area contributed by atoms with Crippen LogP contribution in [0.3, 0.4) is 0 Å². The Hall–Kier alpha value is -2.36. The quantitative estimate of drug-likeness (QED) is 0.323. The lowest BCUT2D eigenvalue weighted by atomic mass is 10.1. The van der Waals surface area contributed by atoms with Crippen LogP contribution in [0.4, 0.5) is 5.69 Å². The second kappa shape index (κ2) is 10.1. The van der Waals surface area contributed by atoms with E-state index in [1.165, 1.54) is 11.3 Å². The summed E-state index contributed by atoms with van der Waals surface area (Å²) in [5, 5.41) is 15.0. The predicted octanol–water partition coefficient (Wildman–Crippen LogP) is 2.32. The molecule has 0 radical (unpaired) electrons. The fourth-order valence-corrected chi connectivity index (χ4v) is 2.68. The molecule has 0 bridgehead atoms. The number of nitrogens with zero attached hydrogens (tertiary/aromatic N) is 5. The van der Waals surface area contributed by atoms with Crippen molar-refractivity contribution in [3.8, 4) is 0 Å². The Kier molecular flexibility index (Phi) is 7.83. The van der Waals surface area contributed by atoms with E-state index in [0.29, 0.717) is 6.54 Å². The van der Waals surface area contributed by atoms with Gasteiger partial charge in [-0.3, -0.25) is 9.39 Å². The second-order valence-electron chi connectivity index (χ2n) is 6.21. The van der Waals surface area contributed by atoms with Crippen molar-refractivity contribution in [3.05, 3.63) is 60.0 Å². The molecule has 2 heterocycles. The zero-order valence-corrected chi connectivity index (χ0v) is 18.2. The lowest BCUT2D eigenvalue weighted by Gasteiger charge is -2.13. The van der Waals surface area contributed by atoms with E-state index in [2.05, 4.69) is 55.0 Å². The Labute approximate surface area is 176 Å². The van der Waals surface area contributed by atoms with Crippen molar-refractivity contribution in [3.63, 3.8) is 0 Å². The molecule has 3 aromatic rings. The van der Waals surface area contributed by atoms with Gasteiger partial charge < -0.3 is 15.5 Å². The smallest absolute Gasteiger partial charge is 0.191 e. The number of benzene rings is 1. The summed E-state index contributed by atoms with van der Waals surface area (Å²) in [4.78, 5) is 6.37. The molecule has 8 heteroatoms. The third-order valence-electron chi connectivity index (χ3n) is 4.18. The molecule has 1 aromatic carbocycles. The number of rotatable bonds is 6. The Morgan fingerprint density at radius 2 is 1.85 bits per heavy atom. The molecule has 0 saturated carbocycles. The molecule has 0 atom stereocenters. The lowest BCUT2D eigenvalue weighted by molar-refractivity contribution is 0.757. The molecule has 0 spiro atoms. The maximum absolute atomic E-state index is 4.27. The first-order chi connectivity index (χ1) is 12.7. The number of aromatic nitrogens is 3. The van der Waals surface area contributed by atoms with Gasteiger partial charge in [0.15, 0.2) is 17.4 Å². The van der Waals surface area contributed by atoms with Crippen molar-refractivity contribution in [2.24, 2.45) is 4.99 Å². The largest absolute Gasteiger partial charge is 0.378 e. The highest BCUT2D eigenvalue weighted by Gasteiger charge is 2.05. The summed E-state index contributed by atoms with van der Waals surface area (Å²) in [5.74, 6) is 1.60. The number of fused-ring (bicyclic) bond motifs is 1. The van der Waals surface area contributed by atoms with Crippen LogP contribution in [-0.4, -0.2) is 48.2 Å². The van der Waals surface area contributed by atoms with Gasteiger partial charge in [0.05, 0.1) is 6.54 Å². The van der Waals surface area contributed by atoms with E-state index in [4.69, 9.17) is 0 Å². The molecule has 0 amide bonds. The minimum atomic E-state index is 0. The van der Waals surface area contributed by atoms with Crippen LogP contribution >= 0.6 is 24.0 Å². The number of halogens is 1. The zero-order valence-electron chi connectivity index (χ0n) is 15.9. The zero-order chi connectivity index (χ0) is 18.4. The molecular formula is C19H26IN7. The molecule has 0 aliphatic heterocycles. The van der Waals surface area contributed by atoms with Gasteiger partial charge in [0.2, 0.25) is 0 Å². The number of guanidine groups is 1. The van der Waals surface area contributed by atoms with Crippen LogP contribution < -0.4 is 15.5 Å². The molecular weight excluding hydrogens is 453 g/mol. The van der Waals surface area contributed by atoms with Crippen LogP contribution in [0.2, 0.25) is 0 Å². The molecule has 144 valence electrons. The predicted molar refractivity (Wildman–Crippen MR) is 121 cm³/mol. The minimum Gasteiger partial charge on any atom is -0.378 e. The fraction of sp³-hybridized carbons (Fsp3) is 0.316. The van der Waals surface area contributed by atoms with E-state index in [0.717, 1.165) is 30.4 Å². The number of pyridine rings is 1. The van der Waals surface area contributed by atoms with Crippen LogP contribution in [0.15, 0.2) is 53.7 Å². The van der Waals surface area contributed by atoms with Crippen molar-refractivity contribution >= 4 is 41.3 Å². The van der Waals surface area contributed by atoms with Crippen molar-refractivity contribution in [2.45, 2.75) is 13.0 Å². The normalized spacial score (nSPS) is 11.1. The molecule has 0 saturated heterocycles. The molecule has 2 N–H and O–H groups in total. The molecule has 0 aliphatic carbocycles. The van der Waals surface area contributed by atoms with Gasteiger partial charge in [0.1, 0.15) is 0 Å². The number of nitrogens with one attached hydrogen (secondary N) is 2. The first kappa shape index (κ1) is 20.9. The molecule has 7 nitrogen and oxygen atoms in total. The summed E-state index contributed by atoms with van der Waals surface area (Å²) >= 11 is 0. The molecule has 27 heavy (non-hydrogen) atoms. The number of hydrogen-bond acceptors (Lipinski definition) is 4. The van der Waals surface area contributed by atoms with E-state index < -0.39 is 0 Å². The third-order valence-corrected chi connectivity index (χ3v) is 4.18. The number of anilines is 1. The van der Waals surface area contributed by atoms with Crippen LogP contribution in [0.5, 0.6) is 0 Å². The summed E-state index contributed by atoms with van der Waals surface area (Å²) in [6.45, 7) is 1.37. The summed E-state index contributed by atoms with van der Waals surface area (Å²) in [6.07, 6.45) is 2.89. The summed E-state index contributed by atoms with van der Waals surface area (Å²) in [5.41, 5.74) is 3.34. The van der Waals surface area contributed by atoms with Gasteiger partial charge in [-0.1, -0.05) is 18.2 Å². The van der Waals surface area contributed by atoms with E-state index >= 15 is 0 Å². The number of hydrogen-bond donors (Lipinski definition) is 2. The third kappa shape index (κ3) is 5.56. The lowest BCUT2D eigenvalue weighted by Crippen LogP contribution is -2.38. The topological polar surface area (TPSA) is 69.8 Å². The first-order valence-electron chi connectivity index (χ1n) is 8.67. The van der Waals surface area contributed by atoms with Gasteiger partial charge >= 0.3 is 0 Å². The summed E-state index contributed by atoms with van der Waals surface area (Å²) < 4.78 is 1.96. The van der Waals surface area contributed by atoms with Crippen LogP contribution in [0.1, 0.15) is 11.4 Å². The summed E-state index contributed by atoms with van der Waals surface area (Å²) in [6, 6.07) is 14.5. The van der Waals surface area contributed by atoms with E-state index in [1.807, 2.05) is 42.9 Å². The van der Waals surface area contributed by atoms with Crippen molar-refractivity contribution in [1.82, 2.24) is 25.2 Å². The van der Waals surface area contributed by atoms with Gasteiger partial charge in [-0.25, -0.2) is 0 Å². The van der Waals surface area contributed by atoms with Crippen LogP contribution in [-0.2, 0) is 13.0 Å². The van der Waals surface area contributed by atoms with E-state index in [9.17, 15) is 0 Å². The fourth-order valence-electron chi connectivity index (χ4n) is 2.68. The number of aliphatic imine (C=N–C) groups is 1. The van der Waals surface area contributed by atoms with E-state index in [-0.39, 0.29) is 24.0 Å². The monoisotopic (exact) mass is 479 g/mol. The maximum Gasteiger partial charge on any atom is 0.191 e. The molecule has 0 unspecified atom stereocenters. The van der Waals surface area contributed by atoms with Gasteiger partial charge in [-0.15, -0.1) is 34.2 Å².